The Morgan fingerprint density at radius 2 is 1.90 bits per heavy atom. The Morgan fingerprint density at radius 1 is 1.30 bits per heavy atom. The Morgan fingerprint density at radius 3 is 2.35 bits per heavy atom. The van der Waals surface area contributed by atoms with Gasteiger partial charge in [0.1, 0.15) is 0 Å². The van der Waals surface area contributed by atoms with Crippen LogP contribution in [-0.2, 0) is 11.2 Å². The van der Waals surface area contributed by atoms with Crippen molar-refractivity contribution in [2.75, 3.05) is 13.2 Å². The van der Waals surface area contributed by atoms with Gasteiger partial charge in [-0.25, -0.2) is 0 Å². The average Bonchev–Trinajstić information content (AvgIpc) is 2.50. The summed E-state index contributed by atoms with van der Waals surface area (Å²) in [6, 6.07) is 9.56. The number of nitrogens with one attached hydrogen (secondary N) is 1. The molecule has 20 heavy (non-hydrogen) atoms. The minimum Gasteiger partial charge on any atom is -0.394 e. The Bertz CT molecular complexity index is 394. The molecule has 0 radical (unpaired) electrons. The van der Waals surface area contributed by atoms with E-state index in [1.165, 1.54) is 0 Å². The van der Waals surface area contributed by atoms with E-state index in [0.717, 1.165) is 5.56 Å². The number of carbonyl (C=O) groups excluding carboxylic acids is 1. The fourth-order valence-electron chi connectivity index (χ4n) is 2.35. The third-order valence-corrected chi connectivity index (χ3v) is 4.11. The molecule has 0 bridgehead atoms. The molecule has 0 unspecified atom stereocenters. The molecule has 0 aliphatic carbocycles. The van der Waals surface area contributed by atoms with Crippen molar-refractivity contribution in [2.24, 2.45) is 11.1 Å². The maximum Gasteiger partial charge on any atom is 0.227 e. The van der Waals surface area contributed by atoms with Gasteiger partial charge in [-0.3, -0.25) is 4.79 Å². The summed E-state index contributed by atoms with van der Waals surface area (Å²) in [6.45, 7) is 4.20. The minimum absolute atomic E-state index is 0.0556. The number of aliphatic hydroxyl groups is 1. The number of carbonyl (C=O) groups is 1. The Labute approximate surface area is 121 Å². The molecule has 112 valence electrons. The molecule has 1 aromatic rings. The highest BCUT2D eigenvalue weighted by Crippen LogP contribution is 2.25. The molecule has 1 rings (SSSR count). The predicted molar refractivity (Wildman–Crippen MR) is 81.2 cm³/mol. The van der Waals surface area contributed by atoms with Gasteiger partial charge in [-0.1, -0.05) is 44.2 Å². The van der Waals surface area contributed by atoms with Crippen molar-refractivity contribution in [2.45, 2.75) is 39.2 Å². The van der Waals surface area contributed by atoms with Gasteiger partial charge < -0.3 is 16.2 Å². The second-order valence-electron chi connectivity index (χ2n) is 5.23. The Hall–Kier alpha value is -1.39. The lowest BCUT2D eigenvalue weighted by Crippen LogP contribution is -2.50. The molecule has 0 saturated carbocycles. The van der Waals surface area contributed by atoms with Crippen molar-refractivity contribution in [3.63, 3.8) is 0 Å². The summed E-state index contributed by atoms with van der Waals surface area (Å²) in [7, 11) is 0. The van der Waals surface area contributed by atoms with Crippen LogP contribution < -0.4 is 11.1 Å². The standard InChI is InChI=1S/C16H26N2O2/c1-3-16(4-2,12-17)15(20)18-14(11-19)10-13-8-6-5-7-9-13/h5-9,14,19H,3-4,10-12,17H2,1-2H3,(H,18,20)/t14-/m1/s1. The Balaban J connectivity index is 2.70. The second kappa shape index (κ2) is 8.02. The monoisotopic (exact) mass is 278 g/mol. The summed E-state index contributed by atoms with van der Waals surface area (Å²) in [4.78, 5) is 12.4. The average molecular weight is 278 g/mol. The van der Waals surface area contributed by atoms with Crippen molar-refractivity contribution in [3.05, 3.63) is 35.9 Å². The third kappa shape index (κ3) is 4.05. The summed E-state index contributed by atoms with van der Waals surface area (Å²) < 4.78 is 0. The van der Waals surface area contributed by atoms with Gasteiger partial charge in [0.15, 0.2) is 0 Å². The minimum atomic E-state index is -0.524. The van der Waals surface area contributed by atoms with Crippen LogP contribution in [0.15, 0.2) is 30.3 Å². The highest BCUT2D eigenvalue weighted by Gasteiger charge is 2.34. The van der Waals surface area contributed by atoms with Crippen molar-refractivity contribution in [1.29, 1.82) is 0 Å². The van der Waals surface area contributed by atoms with Gasteiger partial charge in [0.25, 0.3) is 0 Å². The van der Waals surface area contributed by atoms with Crippen molar-refractivity contribution in [1.82, 2.24) is 5.32 Å². The van der Waals surface area contributed by atoms with E-state index in [1.54, 1.807) is 0 Å². The lowest BCUT2D eigenvalue weighted by molar-refractivity contribution is -0.132. The first-order valence-electron chi connectivity index (χ1n) is 7.27. The van der Waals surface area contributed by atoms with Crippen molar-refractivity contribution in [3.8, 4) is 0 Å². The topological polar surface area (TPSA) is 75.4 Å². The molecule has 1 aromatic carbocycles. The van der Waals surface area contributed by atoms with E-state index in [4.69, 9.17) is 5.73 Å². The lowest BCUT2D eigenvalue weighted by Gasteiger charge is -2.30. The van der Waals surface area contributed by atoms with Crippen LogP contribution in [0, 0.1) is 5.41 Å². The zero-order chi connectivity index (χ0) is 15.0. The SMILES string of the molecule is CCC(CC)(CN)C(=O)N[C@@H](CO)Cc1ccccc1. The first kappa shape index (κ1) is 16.7. The molecular weight excluding hydrogens is 252 g/mol. The summed E-state index contributed by atoms with van der Waals surface area (Å²) >= 11 is 0. The van der Waals surface area contributed by atoms with Crippen molar-refractivity contribution < 1.29 is 9.90 Å². The van der Waals surface area contributed by atoms with Gasteiger partial charge in [0.05, 0.1) is 18.1 Å². The fraction of sp³-hybridized carbons (Fsp3) is 0.562. The molecule has 0 aliphatic rings. The molecule has 4 heteroatoms. The molecule has 1 atom stereocenters. The van der Waals surface area contributed by atoms with Gasteiger partial charge in [-0.15, -0.1) is 0 Å². The summed E-state index contributed by atoms with van der Waals surface area (Å²) in [5.41, 5.74) is 6.35. The number of benzene rings is 1. The molecule has 0 fully saturated rings. The summed E-state index contributed by atoms with van der Waals surface area (Å²) in [6.07, 6.45) is 2.03. The molecule has 0 heterocycles. The zero-order valence-electron chi connectivity index (χ0n) is 12.4. The second-order valence-corrected chi connectivity index (χ2v) is 5.23. The largest absolute Gasteiger partial charge is 0.394 e. The van der Waals surface area contributed by atoms with E-state index in [2.05, 4.69) is 5.32 Å². The number of amides is 1. The van der Waals surface area contributed by atoms with E-state index in [9.17, 15) is 9.90 Å². The predicted octanol–water partition coefficient (Wildman–Crippen LogP) is 1.47. The van der Waals surface area contributed by atoms with E-state index < -0.39 is 5.41 Å². The highest BCUT2D eigenvalue weighted by molar-refractivity contribution is 5.83. The van der Waals surface area contributed by atoms with Crippen molar-refractivity contribution >= 4 is 5.91 Å². The molecule has 1 amide bonds. The molecular formula is C16H26N2O2. The van der Waals surface area contributed by atoms with Gasteiger partial charge in [-0.2, -0.15) is 0 Å². The highest BCUT2D eigenvalue weighted by atomic mass is 16.3. The number of nitrogens with two attached hydrogens (primary N) is 1. The van der Waals surface area contributed by atoms with E-state index in [0.29, 0.717) is 25.8 Å². The first-order chi connectivity index (χ1) is 9.61. The molecule has 0 aromatic heterocycles. The van der Waals surface area contributed by atoms with Crippen LogP contribution >= 0.6 is 0 Å². The van der Waals surface area contributed by atoms with Crippen LogP contribution in [-0.4, -0.2) is 30.2 Å². The third-order valence-electron chi connectivity index (χ3n) is 4.11. The maximum atomic E-state index is 12.4. The molecule has 4 nitrogen and oxygen atoms in total. The number of rotatable bonds is 8. The van der Waals surface area contributed by atoms with Gasteiger partial charge in [-0.05, 0) is 24.8 Å². The molecule has 4 N–H and O–H groups in total. The van der Waals surface area contributed by atoms with E-state index in [1.807, 2.05) is 44.2 Å². The Kier molecular flexibility index (Phi) is 6.68. The zero-order valence-corrected chi connectivity index (χ0v) is 12.4. The maximum absolute atomic E-state index is 12.4. The van der Waals surface area contributed by atoms with E-state index >= 15 is 0 Å². The smallest absolute Gasteiger partial charge is 0.227 e. The molecule has 0 saturated heterocycles. The van der Waals surface area contributed by atoms with Gasteiger partial charge in [0, 0.05) is 6.54 Å². The quantitative estimate of drug-likeness (QED) is 0.674. The number of hydrogen-bond acceptors (Lipinski definition) is 3. The fourth-order valence-corrected chi connectivity index (χ4v) is 2.35. The van der Waals surface area contributed by atoms with E-state index in [-0.39, 0.29) is 18.6 Å². The van der Waals surface area contributed by atoms with Crippen LogP contribution in [0.1, 0.15) is 32.3 Å². The number of aliphatic hydroxyl groups excluding tert-OH is 1. The van der Waals surface area contributed by atoms with Gasteiger partial charge >= 0.3 is 0 Å². The van der Waals surface area contributed by atoms with Crippen LogP contribution in [0.2, 0.25) is 0 Å². The number of hydrogen-bond donors (Lipinski definition) is 3. The molecule has 0 aliphatic heterocycles. The first-order valence-corrected chi connectivity index (χ1v) is 7.27. The van der Waals surface area contributed by atoms with Crippen LogP contribution in [0.25, 0.3) is 0 Å². The normalized spacial score (nSPS) is 13.0. The summed E-state index contributed by atoms with van der Waals surface area (Å²) in [5, 5.41) is 12.4. The van der Waals surface area contributed by atoms with Crippen LogP contribution in [0.5, 0.6) is 0 Å². The molecule has 0 spiro atoms. The van der Waals surface area contributed by atoms with Gasteiger partial charge in [0.2, 0.25) is 5.91 Å². The van der Waals surface area contributed by atoms with Crippen LogP contribution in [0.3, 0.4) is 0 Å². The lowest BCUT2D eigenvalue weighted by atomic mass is 9.81. The van der Waals surface area contributed by atoms with Crippen LogP contribution in [0.4, 0.5) is 0 Å². The summed E-state index contributed by atoms with van der Waals surface area (Å²) in [5.74, 6) is -0.0556.